The SMILES string of the molecule is CC1CCN(C(=O)Cn2c(C3CC(=O)N(c4ccccc4)C3)nc3ccccc32)CC1. The summed E-state index contributed by atoms with van der Waals surface area (Å²) in [5, 5.41) is 0. The Labute approximate surface area is 182 Å². The van der Waals surface area contributed by atoms with Crippen LogP contribution in [-0.2, 0) is 16.1 Å². The zero-order valence-electron chi connectivity index (χ0n) is 17.9. The molecule has 0 saturated carbocycles. The molecule has 0 aliphatic carbocycles. The molecule has 2 aliphatic rings. The Kier molecular flexibility index (Phi) is 5.22. The van der Waals surface area contributed by atoms with E-state index >= 15 is 0 Å². The fourth-order valence-electron chi connectivity index (χ4n) is 4.80. The Bertz CT molecular complexity index is 1100. The van der Waals surface area contributed by atoms with Crippen LogP contribution < -0.4 is 4.90 Å². The number of hydrogen-bond donors (Lipinski definition) is 0. The van der Waals surface area contributed by atoms with Crippen molar-refractivity contribution in [3.05, 3.63) is 60.4 Å². The molecule has 0 spiro atoms. The topological polar surface area (TPSA) is 58.4 Å². The Hall–Kier alpha value is -3.15. The zero-order valence-corrected chi connectivity index (χ0v) is 17.9. The Morgan fingerprint density at radius 2 is 1.74 bits per heavy atom. The minimum Gasteiger partial charge on any atom is -0.341 e. The number of carbonyl (C=O) groups excluding carboxylic acids is 2. The van der Waals surface area contributed by atoms with Gasteiger partial charge in [-0.25, -0.2) is 4.98 Å². The second-order valence-electron chi connectivity index (χ2n) is 8.85. The van der Waals surface area contributed by atoms with Crippen molar-refractivity contribution in [1.29, 1.82) is 0 Å². The molecule has 6 nitrogen and oxygen atoms in total. The van der Waals surface area contributed by atoms with E-state index in [2.05, 4.69) is 6.92 Å². The summed E-state index contributed by atoms with van der Waals surface area (Å²) in [6, 6.07) is 17.7. The van der Waals surface area contributed by atoms with E-state index in [9.17, 15) is 9.59 Å². The Morgan fingerprint density at radius 1 is 1.03 bits per heavy atom. The van der Waals surface area contributed by atoms with E-state index in [1.54, 1.807) is 0 Å². The molecule has 1 atom stereocenters. The Morgan fingerprint density at radius 3 is 2.52 bits per heavy atom. The highest BCUT2D eigenvalue weighted by Gasteiger charge is 2.35. The molecule has 0 radical (unpaired) electrons. The van der Waals surface area contributed by atoms with E-state index in [1.807, 2.05) is 69.0 Å². The second-order valence-corrected chi connectivity index (χ2v) is 8.85. The number of rotatable bonds is 4. The van der Waals surface area contributed by atoms with Gasteiger partial charge in [0.2, 0.25) is 11.8 Å². The normalized spacial score (nSPS) is 20.0. The van der Waals surface area contributed by atoms with Crippen LogP contribution in [0.25, 0.3) is 11.0 Å². The van der Waals surface area contributed by atoms with Crippen molar-refractivity contribution in [3.8, 4) is 0 Å². The molecule has 0 N–H and O–H groups in total. The number of likely N-dealkylation sites (tertiary alicyclic amines) is 1. The van der Waals surface area contributed by atoms with E-state index in [-0.39, 0.29) is 24.3 Å². The molecule has 160 valence electrons. The number of nitrogens with zero attached hydrogens (tertiary/aromatic N) is 4. The van der Waals surface area contributed by atoms with Crippen LogP contribution in [0, 0.1) is 5.92 Å². The summed E-state index contributed by atoms with van der Waals surface area (Å²) >= 11 is 0. The maximum atomic E-state index is 13.1. The molecule has 1 unspecified atom stereocenters. The number of aromatic nitrogens is 2. The highest BCUT2D eigenvalue weighted by molar-refractivity contribution is 5.96. The molecule has 5 rings (SSSR count). The number of carbonyl (C=O) groups is 2. The molecule has 3 aromatic rings. The lowest BCUT2D eigenvalue weighted by Crippen LogP contribution is -2.40. The first-order valence-corrected chi connectivity index (χ1v) is 11.2. The lowest BCUT2D eigenvalue weighted by Gasteiger charge is -2.30. The average Bonchev–Trinajstić information content (AvgIpc) is 3.35. The van der Waals surface area contributed by atoms with Crippen LogP contribution in [0.2, 0.25) is 0 Å². The average molecular weight is 417 g/mol. The summed E-state index contributed by atoms with van der Waals surface area (Å²) in [5.41, 5.74) is 2.75. The number of para-hydroxylation sites is 3. The number of amides is 2. The van der Waals surface area contributed by atoms with Gasteiger partial charge in [0.25, 0.3) is 0 Å². The number of piperidine rings is 1. The molecule has 2 aliphatic heterocycles. The van der Waals surface area contributed by atoms with Gasteiger partial charge in [0.05, 0.1) is 11.0 Å². The summed E-state index contributed by atoms with van der Waals surface area (Å²) in [5.74, 6) is 1.73. The van der Waals surface area contributed by atoms with Gasteiger partial charge in [-0.2, -0.15) is 0 Å². The summed E-state index contributed by atoms with van der Waals surface area (Å²) < 4.78 is 2.04. The van der Waals surface area contributed by atoms with E-state index < -0.39 is 0 Å². The minimum atomic E-state index is -0.0331. The van der Waals surface area contributed by atoms with E-state index in [4.69, 9.17) is 4.98 Å². The quantitative estimate of drug-likeness (QED) is 0.650. The molecule has 6 heteroatoms. The highest BCUT2D eigenvalue weighted by Crippen LogP contribution is 2.33. The van der Waals surface area contributed by atoms with Crippen LogP contribution in [0.5, 0.6) is 0 Å². The molecule has 2 aromatic carbocycles. The van der Waals surface area contributed by atoms with Crippen molar-refractivity contribution in [2.24, 2.45) is 5.92 Å². The van der Waals surface area contributed by atoms with Crippen molar-refractivity contribution >= 4 is 28.5 Å². The number of imidazole rings is 1. The third-order valence-corrected chi connectivity index (χ3v) is 6.67. The molecule has 0 bridgehead atoms. The number of anilines is 1. The van der Waals surface area contributed by atoms with Crippen molar-refractivity contribution in [2.75, 3.05) is 24.5 Å². The van der Waals surface area contributed by atoms with Gasteiger partial charge in [-0.3, -0.25) is 9.59 Å². The first-order valence-electron chi connectivity index (χ1n) is 11.2. The molecule has 1 aromatic heterocycles. The van der Waals surface area contributed by atoms with Gasteiger partial charge in [0, 0.05) is 37.7 Å². The third kappa shape index (κ3) is 3.82. The fourth-order valence-corrected chi connectivity index (χ4v) is 4.80. The number of benzene rings is 2. The molecule has 31 heavy (non-hydrogen) atoms. The molecular weight excluding hydrogens is 388 g/mol. The van der Waals surface area contributed by atoms with Gasteiger partial charge in [-0.1, -0.05) is 37.3 Å². The summed E-state index contributed by atoms with van der Waals surface area (Å²) in [7, 11) is 0. The standard InChI is InChI=1S/C25H28N4O2/c1-18-11-13-27(14-12-18)24(31)17-29-22-10-6-5-9-21(22)26-25(29)19-15-23(30)28(16-19)20-7-3-2-4-8-20/h2-10,18-19H,11-17H2,1H3. The lowest BCUT2D eigenvalue weighted by molar-refractivity contribution is -0.133. The van der Waals surface area contributed by atoms with Crippen LogP contribution in [-0.4, -0.2) is 45.9 Å². The maximum absolute atomic E-state index is 13.1. The van der Waals surface area contributed by atoms with Crippen molar-refractivity contribution < 1.29 is 9.59 Å². The lowest BCUT2D eigenvalue weighted by atomic mass is 9.99. The van der Waals surface area contributed by atoms with E-state index in [0.717, 1.165) is 48.5 Å². The minimum absolute atomic E-state index is 0.0331. The molecule has 2 fully saturated rings. The van der Waals surface area contributed by atoms with Crippen LogP contribution in [0.15, 0.2) is 54.6 Å². The Balaban J connectivity index is 1.44. The molecule has 2 amide bonds. The number of fused-ring (bicyclic) bond motifs is 1. The van der Waals surface area contributed by atoms with Gasteiger partial charge in [-0.15, -0.1) is 0 Å². The van der Waals surface area contributed by atoms with Crippen LogP contribution >= 0.6 is 0 Å². The van der Waals surface area contributed by atoms with Gasteiger partial charge in [0.1, 0.15) is 12.4 Å². The summed E-state index contributed by atoms with van der Waals surface area (Å²) in [6.07, 6.45) is 2.53. The maximum Gasteiger partial charge on any atom is 0.242 e. The van der Waals surface area contributed by atoms with Gasteiger partial charge >= 0.3 is 0 Å². The van der Waals surface area contributed by atoms with Crippen molar-refractivity contribution in [1.82, 2.24) is 14.5 Å². The molecule has 3 heterocycles. The molecular formula is C25H28N4O2. The van der Waals surface area contributed by atoms with Crippen molar-refractivity contribution in [2.45, 2.75) is 38.6 Å². The summed E-state index contributed by atoms with van der Waals surface area (Å²) in [4.78, 5) is 34.6. The van der Waals surface area contributed by atoms with E-state index in [0.29, 0.717) is 18.9 Å². The van der Waals surface area contributed by atoms with Crippen LogP contribution in [0.4, 0.5) is 5.69 Å². The first kappa shape index (κ1) is 19.8. The summed E-state index contributed by atoms with van der Waals surface area (Å²) in [6.45, 7) is 4.76. The predicted molar refractivity (Wildman–Crippen MR) is 121 cm³/mol. The van der Waals surface area contributed by atoms with Crippen LogP contribution in [0.1, 0.15) is 37.9 Å². The van der Waals surface area contributed by atoms with Gasteiger partial charge < -0.3 is 14.4 Å². The van der Waals surface area contributed by atoms with E-state index in [1.165, 1.54) is 0 Å². The van der Waals surface area contributed by atoms with Crippen LogP contribution in [0.3, 0.4) is 0 Å². The highest BCUT2D eigenvalue weighted by atomic mass is 16.2. The van der Waals surface area contributed by atoms with Crippen molar-refractivity contribution in [3.63, 3.8) is 0 Å². The predicted octanol–water partition coefficient (Wildman–Crippen LogP) is 3.82. The second kappa shape index (κ2) is 8.17. The number of hydrogen-bond acceptors (Lipinski definition) is 3. The first-order chi connectivity index (χ1) is 15.1. The fraction of sp³-hybridized carbons (Fsp3) is 0.400. The van der Waals surface area contributed by atoms with Gasteiger partial charge in [0.15, 0.2) is 0 Å². The monoisotopic (exact) mass is 416 g/mol. The largest absolute Gasteiger partial charge is 0.341 e. The smallest absolute Gasteiger partial charge is 0.242 e. The zero-order chi connectivity index (χ0) is 21.4. The molecule has 2 saturated heterocycles. The third-order valence-electron chi connectivity index (χ3n) is 6.67. The van der Waals surface area contributed by atoms with Gasteiger partial charge in [-0.05, 0) is 43.0 Å².